The van der Waals surface area contributed by atoms with Gasteiger partial charge < -0.3 is 14.8 Å². The van der Waals surface area contributed by atoms with Crippen molar-refractivity contribution in [3.63, 3.8) is 0 Å². The van der Waals surface area contributed by atoms with Gasteiger partial charge in [-0.2, -0.15) is 0 Å². The van der Waals surface area contributed by atoms with Crippen LogP contribution in [0.2, 0.25) is 0 Å². The minimum atomic E-state index is -1.03. The van der Waals surface area contributed by atoms with Crippen LogP contribution in [0.15, 0.2) is 16.5 Å². The molecule has 0 radical (unpaired) electrons. The van der Waals surface area contributed by atoms with Gasteiger partial charge in [-0.05, 0) is 24.3 Å². The predicted molar refractivity (Wildman–Crippen MR) is 65.3 cm³/mol. The Labute approximate surface area is 101 Å². The number of aromatic carboxylic acids is 1. The van der Waals surface area contributed by atoms with E-state index < -0.39 is 5.97 Å². The van der Waals surface area contributed by atoms with Crippen LogP contribution in [0.25, 0.3) is 0 Å². The highest BCUT2D eigenvalue weighted by molar-refractivity contribution is 5.84. The minimum Gasteiger partial charge on any atom is -0.475 e. The molecule has 2 N–H and O–H groups in total. The fourth-order valence-electron chi connectivity index (χ4n) is 2.43. The van der Waals surface area contributed by atoms with E-state index in [0.29, 0.717) is 11.3 Å². The molecule has 17 heavy (non-hydrogen) atoms. The van der Waals surface area contributed by atoms with Crippen molar-refractivity contribution in [3.05, 3.63) is 17.9 Å². The number of carboxylic acid groups (broad SMARTS) is 1. The molecule has 1 aliphatic rings. The molecule has 0 saturated heterocycles. The molecule has 4 nitrogen and oxygen atoms in total. The van der Waals surface area contributed by atoms with E-state index in [-0.39, 0.29) is 5.76 Å². The lowest BCUT2D eigenvalue weighted by atomic mass is 9.76. The fraction of sp³-hybridized carbons (Fsp3) is 0.615. The topological polar surface area (TPSA) is 62.5 Å². The predicted octanol–water partition coefficient (Wildman–Crippen LogP) is 3.36. The number of carbonyl (C=O) groups is 1. The number of nitrogens with one attached hydrogen (secondary N) is 1. The van der Waals surface area contributed by atoms with Crippen LogP contribution in [0.3, 0.4) is 0 Å². The molecule has 1 saturated carbocycles. The lowest BCUT2D eigenvalue weighted by Gasteiger charge is -2.33. The number of hydrogen-bond donors (Lipinski definition) is 2. The Hall–Kier alpha value is -1.45. The molecular formula is C13H19NO3. The number of rotatable bonds is 4. The number of furan rings is 1. The van der Waals surface area contributed by atoms with E-state index in [4.69, 9.17) is 9.52 Å². The molecular weight excluding hydrogens is 218 g/mol. The third-order valence-electron chi connectivity index (χ3n) is 3.57. The molecule has 94 valence electrons. The Morgan fingerprint density at radius 1 is 1.41 bits per heavy atom. The van der Waals surface area contributed by atoms with Crippen LogP contribution in [-0.4, -0.2) is 17.6 Å². The monoisotopic (exact) mass is 237 g/mol. The van der Waals surface area contributed by atoms with Crippen molar-refractivity contribution in [1.82, 2.24) is 0 Å². The lowest BCUT2D eigenvalue weighted by molar-refractivity contribution is 0.0663. The first-order chi connectivity index (χ1) is 8.09. The van der Waals surface area contributed by atoms with Gasteiger partial charge in [-0.15, -0.1) is 0 Å². The number of carboxylic acids is 1. The van der Waals surface area contributed by atoms with Crippen molar-refractivity contribution in [2.45, 2.75) is 39.0 Å². The van der Waals surface area contributed by atoms with Crippen molar-refractivity contribution < 1.29 is 14.3 Å². The molecule has 1 fully saturated rings. The maximum Gasteiger partial charge on any atom is 0.371 e. The minimum absolute atomic E-state index is 0.0127. The first-order valence-electron chi connectivity index (χ1n) is 6.16. The zero-order chi connectivity index (χ0) is 12.3. The maximum atomic E-state index is 10.7. The van der Waals surface area contributed by atoms with Gasteiger partial charge in [-0.1, -0.05) is 26.2 Å². The van der Waals surface area contributed by atoms with Gasteiger partial charge in [0.15, 0.2) is 5.88 Å². The van der Waals surface area contributed by atoms with Gasteiger partial charge in [-0.3, -0.25) is 0 Å². The highest BCUT2D eigenvalue weighted by Crippen LogP contribution is 2.35. The SMILES string of the molecule is CC1(CNc2ccc(C(=O)O)o2)CCCCC1. The molecule has 1 aromatic rings. The van der Waals surface area contributed by atoms with Crippen molar-refractivity contribution in [2.75, 3.05) is 11.9 Å². The van der Waals surface area contributed by atoms with E-state index in [1.54, 1.807) is 6.07 Å². The first kappa shape index (κ1) is 12.0. The fourth-order valence-corrected chi connectivity index (χ4v) is 2.43. The summed E-state index contributed by atoms with van der Waals surface area (Å²) in [6, 6.07) is 3.16. The van der Waals surface area contributed by atoms with Crippen LogP contribution >= 0.6 is 0 Å². The van der Waals surface area contributed by atoms with E-state index in [0.717, 1.165) is 6.54 Å². The summed E-state index contributed by atoms with van der Waals surface area (Å²) in [5, 5.41) is 11.9. The summed E-state index contributed by atoms with van der Waals surface area (Å²) in [6.07, 6.45) is 6.37. The Bertz CT molecular complexity index is 391. The molecule has 1 heterocycles. The Morgan fingerprint density at radius 3 is 2.71 bits per heavy atom. The normalized spacial score (nSPS) is 18.9. The molecule has 0 aromatic carbocycles. The van der Waals surface area contributed by atoms with Gasteiger partial charge in [0.25, 0.3) is 0 Å². The van der Waals surface area contributed by atoms with Crippen LogP contribution < -0.4 is 5.32 Å². The van der Waals surface area contributed by atoms with E-state index in [2.05, 4.69) is 12.2 Å². The van der Waals surface area contributed by atoms with E-state index in [1.807, 2.05) is 0 Å². The van der Waals surface area contributed by atoms with E-state index in [9.17, 15) is 4.79 Å². The third-order valence-corrected chi connectivity index (χ3v) is 3.57. The number of hydrogen-bond acceptors (Lipinski definition) is 3. The summed E-state index contributed by atoms with van der Waals surface area (Å²) in [7, 11) is 0. The molecule has 0 bridgehead atoms. The van der Waals surface area contributed by atoms with Crippen LogP contribution in [0.4, 0.5) is 5.88 Å². The van der Waals surface area contributed by atoms with Crippen molar-refractivity contribution in [1.29, 1.82) is 0 Å². The molecule has 1 aliphatic carbocycles. The maximum absolute atomic E-state index is 10.7. The highest BCUT2D eigenvalue weighted by Gasteiger charge is 2.26. The summed E-state index contributed by atoms with van der Waals surface area (Å²) >= 11 is 0. The van der Waals surface area contributed by atoms with Crippen molar-refractivity contribution in [2.24, 2.45) is 5.41 Å². The van der Waals surface area contributed by atoms with Crippen LogP contribution in [0.5, 0.6) is 0 Å². The highest BCUT2D eigenvalue weighted by atomic mass is 16.4. The first-order valence-corrected chi connectivity index (χ1v) is 6.16. The molecule has 4 heteroatoms. The van der Waals surface area contributed by atoms with Crippen molar-refractivity contribution in [3.8, 4) is 0 Å². The largest absolute Gasteiger partial charge is 0.475 e. The third kappa shape index (κ3) is 3.02. The van der Waals surface area contributed by atoms with Crippen LogP contribution in [0.1, 0.15) is 49.6 Å². The number of anilines is 1. The Morgan fingerprint density at radius 2 is 2.12 bits per heavy atom. The second-order valence-electron chi connectivity index (χ2n) is 5.19. The molecule has 0 aliphatic heterocycles. The standard InChI is InChI=1S/C13H19NO3/c1-13(7-3-2-4-8-13)9-14-11-6-5-10(17-11)12(15)16/h5-6,14H,2-4,7-9H2,1H3,(H,15,16). The Balaban J connectivity index is 1.90. The van der Waals surface area contributed by atoms with E-state index >= 15 is 0 Å². The lowest BCUT2D eigenvalue weighted by Crippen LogP contribution is -2.28. The second-order valence-corrected chi connectivity index (χ2v) is 5.19. The summed E-state index contributed by atoms with van der Waals surface area (Å²) in [6.45, 7) is 3.12. The van der Waals surface area contributed by atoms with Gasteiger partial charge in [0, 0.05) is 12.6 Å². The van der Waals surface area contributed by atoms with Crippen LogP contribution in [0, 0.1) is 5.41 Å². The smallest absolute Gasteiger partial charge is 0.371 e. The molecule has 0 atom stereocenters. The summed E-state index contributed by atoms with van der Waals surface area (Å²) in [5.41, 5.74) is 0.314. The van der Waals surface area contributed by atoms with Gasteiger partial charge in [-0.25, -0.2) is 4.79 Å². The van der Waals surface area contributed by atoms with Gasteiger partial charge >= 0.3 is 5.97 Å². The zero-order valence-corrected chi connectivity index (χ0v) is 10.2. The summed E-state index contributed by atoms with van der Waals surface area (Å²) in [5.74, 6) is -0.488. The Kier molecular flexibility index (Phi) is 3.41. The molecule has 2 rings (SSSR count). The molecule has 0 spiro atoms. The average molecular weight is 237 g/mol. The molecule has 1 aromatic heterocycles. The quantitative estimate of drug-likeness (QED) is 0.842. The second kappa shape index (κ2) is 4.82. The zero-order valence-electron chi connectivity index (χ0n) is 10.2. The van der Waals surface area contributed by atoms with Gasteiger partial charge in [0.2, 0.25) is 5.76 Å². The van der Waals surface area contributed by atoms with Gasteiger partial charge in [0.1, 0.15) is 0 Å². The van der Waals surface area contributed by atoms with Crippen LogP contribution in [-0.2, 0) is 0 Å². The summed E-state index contributed by atoms with van der Waals surface area (Å²) < 4.78 is 5.17. The van der Waals surface area contributed by atoms with E-state index in [1.165, 1.54) is 38.2 Å². The molecule has 0 amide bonds. The average Bonchev–Trinajstić information content (AvgIpc) is 2.76. The van der Waals surface area contributed by atoms with Gasteiger partial charge in [0.05, 0.1) is 0 Å². The summed E-state index contributed by atoms with van der Waals surface area (Å²) in [4.78, 5) is 10.7. The van der Waals surface area contributed by atoms with Crippen molar-refractivity contribution >= 4 is 11.9 Å². The molecule has 0 unspecified atom stereocenters.